The Balaban J connectivity index is 2.54. The average molecular weight is 274 g/mol. The van der Waals surface area contributed by atoms with E-state index in [1.165, 1.54) is 12.3 Å². The Labute approximate surface area is 105 Å². The molecular formula is C9H14N4O4S. The van der Waals surface area contributed by atoms with Gasteiger partial charge < -0.3 is 10.4 Å². The summed E-state index contributed by atoms with van der Waals surface area (Å²) in [5, 5.41) is 11.4. The van der Waals surface area contributed by atoms with E-state index in [0.717, 1.165) is 0 Å². The number of aromatic carboxylic acids is 1. The molecule has 18 heavy (non-hydrogen) atoms. The van der Waals surface area contributed by atoms with Crippen LogP contribution in [0.5, 0.6) is 0 Å². The SMILES string of the molecule is CCNS(=O)(=O)CCNc1nccc(C(=O)O)n1. The second-order valence-electron chi connectivity index (χ2n) is 3.31. The van der Waals surface area contributed by atoms with Crippen LogP contribution in [0, 0.1) is 0 Å². The fourth-order valence-corrected chi connectivity index (χ4v) is 2.11. The minimum Gasteiger partial charge on any atom is -0.477 e. The normalized spacial score (nSPS) is 11.2. The van der Waals surface area contributed by atoms with E-state index >= 15 is 0 Å². The molecule has 0 atom stereocenters. The summed E-state index contributed by atoms with van der Waals surface area (Å²) in [7, 11) is -3.31. The van der Waals surface area contributed by atoms with E-state index in [1.54, 1.807) is 6.92 Å². The number of rotatable bonds is 7. The molecule has 0 aliphatic heterocycles. The van der Waals surface area contributed by atoms with E-state index in [-0.39, 0.29) is 23.9 Å². The number of carbonyl (C=O) groups is 1. The zero-order valence-electron chi connectivity index (χ0n) is 9.75. The number of carboxylic acids is 1. The van der Waals surface area contributed by atoms with Crippen LogP contribution in [0.25, 0.3) is 0 Å². The maximum Gasteiger partial charge on any atom is 0.354 e. The lowest BCUT2D eigenvalue weighted by atomic mass is 10.4. The first kappa shape index (κ1) is 14.3. The molecule has 0 aromatic carbocycles. The molecule has 0 saturated carbocycles. The molecule has 0 amide bonds. The quantitative estimate of drug-likeness (QED) is 0.614. The second-order valence-corrected chi connectivity index (χ2v) is 5.24. The average Bonchev–Trinajstić information content (AvgIpc) is 2.29. The topological polar surface area (TPSA) is 121 Å². The van der Waals surface area contributed by atoms with E-state index in [9.17, 15) is 13.2 Å². The first-order valence-electron chi connectivity index (χ1n) is 5.22. The standard InChI is InChI=1S/C9H14N4O4S/c1-2-12-18(16,17)6-5-11-9-10-4-3-7(13-9)8(14)15/h3-4,12H,2,5-6H2,1H3,(H,14,15)(H,10,11,13). The number of sulfonamides is 1. The maximum absolute atomic E-state index is 11.3. The summed E-state index contributed by atoms with van der Waals surface area (Å²) in [6.07, 6.45) is 1.29. The van der Waals surface area contributed by atoms with Crippen molar-refractivity contribution >= 4 is 21.9 Å². The number of hydrogen-bond acceptors (Lipinski definition) is 6. The van der Waals surface area contributed by atoms with Crippen molar-refractivity contribution in [2.45, 2.75) is 6.92 Å². The van der Waals surface area contributed by atoms with Crippen LogP contribution in [0.1, 0.15) is 17.4 Å². The molecule has 1 rings (SSSR count). The number of nitrogens with one attached hydrogen (secondary N) is 2. The zero-order valence-corrected chi connectivity index (χ0v) is 10.6. The molecule has 0 radical (unpaired) electrons. The van der Waals surface area contributed by atoms with Crippen LogP contribution in [-0.2, 0) is 10.0 Å². The number of nitrogens with zero attached hydrogens (tertiary/aromatic N) is 2. The van der Waals surface area contributed by atoms with E-state index in [1.807, 2.05) is 0 Å². The summed E-state index contributed by atoms with van der Waals surface area (Å²) in [6, 6.07) is 1.25. The summed E-state index contributed by atoms with van der Waals surface area (Å²) >= 11 is 0. The van der Waals surface area contributed by atoms with E-state index in [4.69, 9.17) is 5.11 Å². The van der Waals surface area contributed by atoms with Gasteiger partial charge in [0, 0.05) is 19.3 Å². The zero-order chi connectivity index (χ0) is 13.6. The number of aromatic nitrogens is 2. The molecule has 100 valence electrons. The van der Waals surface area contributed by atoms with Crippen molar-refractivity contribution in [3.05, 3.63) is 18.0 Å². The van der Waals surface area contributed by atoms with Gasteiger partial charge in [0.25, 0.3) is 0 Å². The Bertz CT molecular complexity index is 517. The summed E-state index contributed by atoms with van der Waals surface area (Å²) in [4.78, 5) is 18.1. The van der Waals surface area contributed by atoms with Crippen molar-refractivity contribution in [3.8, 4) is 0 Å². The highest BCUT2D eigenvalue weighted by Gasteiger charge is 2.09. The van der Waals surface area contributed by atoms with Gasteiger partial charge in [0.05, 0.1) is 5.75 Å². The van der Waals surface area contributed by atoms with E-state index < -0.39 is 16.0 Å². The molecule has 0 saturated heterocycles. The van der Waals surface area contributed by atoms with Crippen molar-refractivity contribution < 1.29 is 18.3 Å². The Morgan fingerprint density at radius 1 is 1.50 bits per heavy atom. The van der Waals surface area contributed by atoms with Crippen LogP contribution in [-0.4, -0.2) is 48.3 Å². The Hall–Kier alpha value is -1.74. The highest BCUT2D eigenvalue weighted by atomic mass is 32.2. The first-order chi connectivity index (χ1) is 8.44. The van der Waals surface area contributed by atoms with Gasteiger partial charge in [-0.25, -0.2) is 27.9 Å². The van der Waals surface area contributed by atoms with Gasteiger partial charge in [-0.2, -0.15) is 0 Å². The summed E-state index contributed by atoms with van der Waals surface area (Å²) in [5.74, 6) is -1.22. The Morgan fingerprint density at radius 2 is 2.22 bits per heavy atom. The molecule has 1 aromatic rings. The predicted molar refractivity (Wildman–Crippen MR) is 64.9 cm³/mol. The molecule has 0 unspecified atom stereocenters. The van der Waals surface area contributed by atoms with Crippen LogP contribution in [0.4, 0.5) is 5.95 Å². The first-order valence-corrected chi connectivity index (χ1v) is 6.87. The van der Waals surface area contributed by atoms with Crippen LogP contribution < -0.4 is 10.0 Å². The van der Waals surface area contributed by atoms with Crippen LogP contribution in [0.15, 0.2) is 12.3 Å². The highest BCUT2D eigenvalue weighted by molar-refractivity contribution is 7.89. The van der Waals surface area contributed by atoms with Gasteiger partial charge in [-0.15, -0.1) is 0 Å². The summed E-state index contributed by atoms with van der Waals surface area (Å²) < 4.78 is 25.0. The number of hydrogen-bond donors (Lipinski definition) is 3. The third-order valence-corrected chi connectivity index (χ3v) is 3.36. The third-order valence-electron chi connectivity index (χ3n) is 1.89. The number of carboxylic acid groups (broad SMARTS) is 1. The minimum absolute atomic E-state index is 0.0848. The van der Waals surface area contributed by atoms with Gasteiger partial charge in [0.15, 0.2) is 5.69 Å². The van der Waals surface area contributed by atoms with Crippen molar-refractivity contribution in [2.75, 3.05) is 24.2 Å². The van der Waals surface area contributed by atoms with Gasteiger partial charge in [0.1, 0.15) is 0 Å². The fraction of sp³-hybridized carbons (Fsp3) is 0.444. The fourth-order valence-electron chi connectivity index (χ4n) is 1.15. The molecule has 0 aliphatic rings. The molecule has 0 fully saturated rings. The molecule has 3 N–H and O–H groups in total. The molecule has 0 aliphatic carbocycles. The number of anilines is 1. The second kappa shape index (κ2) is 6.26. The molecule has 8 nitrogen and oxygen atoms in total. The molecule has 0 spiro atoms. The monoisotopic (exact) mass is 274 g/mol. The van der Waals surface area contributed by atoms with E-state index in [2.05, 4.69) is 20.0 Å². The molecule has 1 heterocycles. The van der Waals surface area contributed by atoms with Crippen molar-refractivity contribution in [3.63, 3.8) is 0 Å². The van der Waals surface area contributed by atoms with Gasteiger partial charge in [0.2, 0.25) is 16.0 Å². The van der Waals surface area contributed by atoms with Crippen LogP contribution >= 0.6 is 0 Å². The van der Waals surface area contributed by atoms with Crippen molar-refractivity contribution in [1.29, 1.82) is 0 Å². The lowest BCUT2D eigenvalue weighted by Crippen LogP contribution is -2.29. The smallest absolute Gasteiger partial charge is 0.354 e. The van der Waals surface area contributed by atoms with Crippen molar-refractivity contribution in [2.24, 2.45) is 0 Å². The van der Waals surface area contributed by atoms with E-state index in [0.29, 0.717) is 6.54 Å². The molecular weight excluding hydrogens is 260 g/mol. The summed E-state index contributed by atoms with van der Waals surface area (Å²) in [5.41, 5.74) is -0.151. The van der Waals surface area contributed by atoms with Crippen LogP contribution in [0.2, 0.25) is 0 Å². The lowest BCUT2D eigenvalue weighted by Gasteiger charge is -2.06. The predicted octanol–water partition coefficient (Wildman–Crippen LogP) is -0.474. The van der Waals surface area contributed by atoms with Crippen LogP contribution in [0.3, 0.4) is 0 Å². The van der Waals surface area contributed by atoms with Gasteiger partial charge in [-0.05, 0) is 6.07 Å². The Kier molecular flexibility index (Phi) is 4.98. The molecule has 1 aromatic heterocycles. The third kappa shape index (κ3) is 4.63. The summed E-state index contributed by atoms with van der Waals surface area (Å²) in [6.45, 7) is 2.11. The molecule has 0 bridgehead atoms. The molecule has 9 heteroatoms. The van der Waals surface area contributed by atoms with Gasteiger partial charge >= 0.3 is 5.97 Å². The van der Waals surface area contributed by atoms with Gasteiger partial charge in [-0.3, -0.25) is 0 Å². The Morgan fingerprint density at radius 3 is 2.83 bits per heavy atom. The highest BCUT2D eigenvalue weighted by Crippen LogP contribution is 2.00. The maximum atomic E-state index is 11.3. The lowest BCUT2D eigenvalue weighted by molar-refractivity contribution is 0.0690. The van der Waals surface area contributed by atoms with Crippen molar-refractivity contribution in [1.82, 2.24) is 14.7 Å². The largest absolute Gasteiger partial charge is 0.477 e. The minimum atomic E-state index is -3.31. The van der Waals surface area contributed by atoms with Gasteiger partial charge in [-0.1, -0.05) is 6.92 Å².